The van der Waals surface area contributed by atoms with Crippen molar-refractivity contribution in [1.82, 2.24) is 9.71 Å². The Hall–Kier alpha value is -1.03. The van der Waals surface area contributed by atoms with Gasteiger partial charge >= 0.3 is 0 Å². The summed E-state index contributed by atoms with van der Waals surface area (Å²) in [5.41, 5.74) is 1.90. The average molecular weight is 227 g/mol. The molecule has 0 fully saturated rings. The minimum atomic E-state index is 0.931. The first kappa shape index (κ1) is 7.61. The van der Waals surface area contributed by atoms with Gasteiger partial charge in [-0.2, -0.15) is 4.73 Å². The topological polar surface area (TPSA) is 27.1 Å². The molecule has 0 amide bonds. The normalized spacial score (nSPS) is 10.5. The molecule has 4 heteroatoms. The molecule has 1 aromatic carbocycles. The van der Waals surface area contributed by atoms with Crippen LogP contribution in [0.15, 0.2) is 29.0 Å². The average Bonchev–Trinajstić information content (AvgIpc) is 2.46. The summed E-state index contributed by atoms with van der Waals surface area (Å²) in [4.78, 5) is 9.20. The van der Waals surface area contributed by atoms with Crippen LogP contribution in [-0.4, -0.2) is 16.8 Å². The molecule has 0 unspecified atom stereocenters. The van der Waals surface area contributed by atoms with Crippen LogP contribution in [0.1, 0.15) is 0 Å². The summed E-state index contributed by atoms with van der Waals surface area (Å²) in [6, 6.07) is 5.86. The highest BCUT2D eigenvalue weighted by molar-refractivity contribution is 9.10. The van der Waals surface area contributed by atoms with Gasteiger partial charge in [-0.3, -0.25) is 0 Å². The van der Waals surface area contributed by atoms with E-state index in [-0.39, 0.29) is 0 Å². The van der Waals surface area contributed by atoms with E-state index in [1.165, 1.54) is 0 Å². The predicted molar refractivity (Wildman–Crippen MR) is 49.9 cm³/mol. The Morgan fingerprint density at radius 3 is 3.08 bits per heavy atom. The fraction of sp³-hybridized carbons (Fsp3) is 0.125. The first-order valence-electron chi connectivity index (χ1n) is 3.48. The Kier molecular flexibility index (Phi) is 1.77. The van der Waals surface area contributed by atoms with Crippen LogP contribution in [0.25, 0.3) is 11.0 Å². The summed E-state index contributed by atoms with van der Waals surface area (Å²) in [6.45, 7) is 0. The molecule has 0 atom stereocenters. The lowest BCUT2D eigenvalue weighted by molar-refractivity contribution is 0.177. The van der Waals surface area contributed by atoms with Crippen LogP contribution >= 0.6 is 15.9 Å². The minimum absolute atomic E-state index is 0.931. The zero-order valence-corrected chi connectivity index (χ0v) is 8.08. The van der Waals surface area contributed by atoms with E-state index in [9.17, 15) is 0 Å². The second-order valence-electron chi connectivity index (χ2n) is 2.39. The van der Waals surface area contributed by atoms with Crippen LogP contribution in [-0.2, 0) is 0 Å². The third kappa shape index (κ3) is 1.08. The molecule has 1 aromatic heterocycles. The van der Waals surface area contributed by atoms with Crippen LogP contribution < -0.4 is 4.84 Å². The van der Waals surface area contributed by atoms with Gasteiger partial charge in [-0.05, 0) is 18.2 Å². The van der Waals surface area contributed by atoms with E-state index in [4.69, 9.17) is 4.84 Å². The second kappa shape index (κ2) is 2.79. The number of rotatable bonds is 1. The van der Waals surface area contributed by atoms with Crippen molar-refractivity contribution in [3.05, 3.63) is 29.0 Å². The maximum Gasteiger partial charge on any atom is 0.133 e. The van der Waals surface area contributed by atoms with Crippen molar-refractivity contribution < 1.29 is 4.84 Å². The van der Waals surface area contributed by atoms with Gasteiger partial charge in [0, 0.05) is 4.47 Å². The highest BCUT2D eigenvalue weighted by atomic mass is 79.9. The summed E-state index contributed by atoms with van der Waals surface area (Å²) in [5.74, 6) is 0. The van der Waals surface area contributed by atoms with Crippen molar-refractivity contribution in [2.75, 3.05) is 7.11 Å². The number of hydrogen-bond donors (Lipinski definition) is 0. The van der Waals surface area contributed by atoms with Crippen LogP contribution in [0, 0.1) is 0 Å². The lowest BCUT2D eigenvalue weighted by Crippen LogP contribution is -2.02. The van der Waals surface area contributed by atoms with Gasteiger partial charge in [0.2, 0.25) is 0 Å². The molecule has 1 heterocycles. The Bertz CT molecular complexity index is 410. The van der Waals surface area contributed by atoms with E-state index in [0.29, 0.717) is 0 Å². The Morgan fingerprint density at radius 1 is 1.50 bits per heavy atom. The summed E-state index contributed by atoms with van der Waals surface area (Å²) < 4.78 is 2.65. The van der Waals surface area contributed by atoms with Crippen LogP contribution in [0.5, 0.6) is 0 Å². The molecule has 2 aromatic rings. The molecule has 0 spiro atoms. The monoisotopic (exact) mass is 226 g/mol. The third-order valence-corrected chi connectivity index (χ3v) is 2.17. The summed E-state index contributed by atoms with van der Waals surface area (Å²) in [6.07, 6.45) is 1.65. The quantitative estimate of drug-likeness (QED) is 0.743. The van der Waals surface area contributed by atoms with Crippen LogP contribution in [0.4, 0.5) is 0 Å². The van der Waals surface area contributed by atoms with Crippen molar-refractivity contribution in [2.24, 2.45) is 0 Å². The number of halogens is 1. The summed E-state index contributed by atoms with van der Waals surface area (Å²) >= 11 is 3.38. The minimum Gasteiger partial charge on any atom is -0.416 e. The van der Waals surface area contributed by atoms with Crippen molar-refractivity contribution in [1.29, 1.82) is 0 Å². The molecule has 0 aliphatic carbocycles. The second-order valence-corrected chi connectivity index (χ2v) is 3.30. The van der Waals surface area contributed by atoms with Gasteiger partial charge < -0.3 is 4.84 Å². The Labute approximate surface area is 78.1 Å². The molecule has 3 nitrogen and oxygen atoms in total. The van der Waals surface area contributed by atoms with Gasteiger partial charge in [0.15, 0.2) is 0 Å². The Morgan fingerprint density at radius 2 is 2.33 bits per heavy atom. The van der Waals surface area contributed by atoms with Crippen molar-refractivity contribution in [2.45, 2.75) is 0 Å². The number of nitrogens with zero attached hydrogens (tertiary/aromatic N) is 2. The summed E-state index contributed by atoms with van der Waals surface area (Å²) in [5, 5.41) is 0. The van der Waals surface area contributed by atoms with Gasteiger partial charge in [-0.1, -0.05) is 15.9 Å². The van der Waals surface area contributed by atoms with Gasteiger partial charge in [0.1, 0.15) is 19.0 Å². The van der Waals surface area contributed by atoms with Crippen molar-refractivity contribution in [3.8, 4) is 0 Å². The van der Waals surface area contributed by atoms with Gasteiger partial charge in [0.05, 0.1) is 5.52 Å². The first-order valence-corrected chi connectivity index (χ1v) is 4.27. The van der Waals surface area contributed by atoms with Crippen molar-refractivity contribution in [3.63, 3.8) is 0 Å². The van der Waals surface area contributed by atoms with E-state index in [1.54, 1.807) is 18.2 Å². The highest BCUT2D eigenvalue weighted by Crippen LogP contribution is 2.17. The predicted octanol–water partition coefficient (Wildman–Crippen LogP) is 1.86. The zero-order valence-electron chi connectivity index (χ0n) is 6.49. The van der Waals surface area contributed by atoms with Gasteiger partial charge in [-0.15, -0.1) is 0 Å². The van der Waals surface area contributed by atoms with Crippen LogP contribution in [0.2, 0.25) is 0 Å². The SMILES string of the molecule is COn1cnc2ccc(Br)cc21. The molecule has 0 aliphatic heterocycles. The molecule has 0 N–H and O–H groups in total. The standard InChI is InChI=1S/C8H7BrN2O/c1-12-11-5-10-7-3-2-6(9)4-8(7)11/h2-5H,1H3. The lowest BCUT2D eigenvalue weighted by Gasteiger charge is -1.99. The molecule has 0 bridgehead atoms. The first-order chi connectivity index (χ1) is 5.81. The molecule has 12 heavy (non-hydrogen) atoms. The number of fused-ring (bicyclic) bond motifs is 1. The zero-order chi connectivity index (χ0) is 8.55. The number of hydrogen-bond acceptors (Lipinski definition) is 2. The fourth-order valence-electron chi connectivity index (χ4n) is 1.10. The van der Waals surface area contributed by atoms with E-state index in [0.717, 1.165) is 15.5 Å². The molecule has 0 radical (unpaired) electrons. The molecule has 0 saturated heterocycles. The smallest absolute Gasteiger partial charge is 0.133 e. The number of benzene rings is 1. The summed E-state index contributed by atoms with van der Waals surface area (Å²) in [7, 11) is 1.61. The highest BCUT2D eigenvalue weighted by Gasteiger charge is 2.01. The lowest BCUT2D eigenvalue weighted by atomic mass is 10.3. The van der Waals surface area contributed by atoms with E-state index in [1.807, 2.05) is 18.2 Å². The van der Waals surface area contributed by atoms with Gasteiger partial charge in [0.25, 0.3) is 0 Å². The number of imidazole rings is 1. The number of aromatic nitrogens is 2. The van der Waals surface area contributed by atoms with E-state index >= 15 is 0 Å². The third-order valence-electron chi connectivity index (χ3n) is 1.67. The molecule has 0 aliphatic rings. The van der Waals surface area contributed by atoms with E-state index < -0.39 is 0 Å². The molecular weight excluding hydrogens is 220 g/mol. The van der Waals surface area contributed by atoms with Crippen molar-refractivity contribution >= 4 is 27.0 Å². The fourth-order valence-corrected chi connectivity index (χ4v) is 1.45. The molecule has 2 rings (SSSR count). The Balaban J connectivity index is 2.75. The van der Waals surface area contributed by atoms with E-state index in [2.05, 4.69) is 20.9 Å². The molecule has 0 saturated carbocycles. The maximum absolute atomic E-state index is 5.06. The van der Waals surface area contributed by atoms with Gasteiger partial charge in [-0.25, -0.2) is 4.98 Å². The maximum atomic E-state index is 5.06. The van der Waals surface area contributed by atoms with Crippen LogP contribution in [0.3, 0.4) is 0 Å². The molecular formula is C8H7BrN2O. The molecule has 62 valence electrons. The largest absolute Gasteiger partial charge is 0.416 e.